The Kier molecular flexibility index (Phi) is 5.48. The molecule has 2 aromatic carbocycles. The van der Waals surface area contributed by atoms with Crippen molar-refractivity contribution in [3.63, 3.8) is 0 Å². The maximum Gasteiger partial charge on any atom is 0.410 e. The highest BCUT2D eigenvalue weighted by Crippen LogP contribution is 2.38. The molecule has 0 aromatic heterocycles. The molecule has 0 aliphatic carbocycles. The van der Waals surface area contributed by atoms with Crippen LogP contribution in [0.5, 0.6) is 11.5 Å². The fourth-order valence-corrected chi connectivity index (χ4v) is 4.02. The van der Waals surface area contributed by atoms with Crippen molar-refractivity contribution in [3.05, 3.63) is 59.7 Å². The Balaban J connectivity index is 1.41. The molecule has 2 aromatic rings. The standard InChI is InChI=1S/C22H23FN2O5/c1-28-17-9-8-15(10-18(17)29-2)11-24-19-16(23)12-25(20(19)21(24)26)22(27)30-13-14-6-4-3-5-7-14/h3-10,16,19-20H,11-13H2,1-2H3. The van der Waals surface area contributed by atoms with Crippen molar-refractivity contribution < 1.29 is 28.2 Å². The quantitative estimate of drug-likeness (QED) is 0.680. The third-order valence-electron chi connectivity index (χ3n) is 5.54. The van der Waals surface area contributed by atoms with Crippen molar-refractivity contribution in [1.82, 2.24) is 9.80 Å². The van der Waals surface area contributed by atoms with E-state index in [0.717, 1.165) is 11.1 Å². The number of halogens is 1. The molecular weight excluding hydrogens is 391 g/mol. The summed E-state index contributed by atoms with van der Waals surface area (Å²) >= 11 is 0. The van der Waals surface area contributed by atoms with E-state index in [0.29, 0.717) is 11.5 Å². The van der Waals surface area contributed by atoms with Gasteiger partial charge in [0.05, 0.1) is 26.8 Å². The highest BCUT2D eigenvalue weighted by atomic mass is 19.1. The first kappa shape index (κ1) is 20.0. The zero-order chi connectivity index (χ0) is 21.3. The van der Waals surface area contributed by atoms with Crippen molar-refractivity contribution in [2.45, 2.75) is 31.4 Å². The molecule has 3 atom stereocenters. The van der Waals surface area contributed by atoms with Gasteiger partial charge in [-0.05, 0) is 23.3 Å². The highest BCUT2D eigenvalue weighted by molar-refractivity contribution is 5.93. The van der Waals surface area contributed by atoms with Crippen LogP contribution in [0.3, 0.4) is 0 Å². The van der Waals surface area contributed by atoms with E-state index in [9.17, 15) is 14.0 Å². The lowest BCUT2D eigenvalue weighted by Crippen LogP contribution is -2.68. The molecule has 2 aliphatic rings. The third kappa shape index (κ3) is 3.53. The predicted octanol–water partition coefficient (Wildman–Crippen LogP) is 2.77. The van der Waals surface area contributed by atoms with E-state index in [1.165, 1.54) is 16.9 Å². The Morgan fingerprint density at radius 3 is 2.50 bits per heavy atom. The average Bonchev–Trinajstić information content (AvgIpc) is 3.09. The Bertz CT molecular complexity index is 938. The number of amides is 2. The molecule has 2 amide bonds. The van der Waals surface area contributed by atoms with E-state index < -0.39 is 24.3 Å². The van der Waals surface area contributed by atoms with Crippen LogP contribution in [0.1, 0.15) is 11.1 Å². The van der Waals surface area contributed by atoms with E-state index in [2.05, 4.69) is 0 Å². The first-order valence-electron chi connectivity index (χ1n) is 9.66. The zero-order valence-electron chi connectivity index (χ0n) is 16.8. The van der Waals surface area contributed by atoms with Crippen LogP contribution in [0.2, 0.25) is 0 Å². The largest absolute Gasteiger partial charge is 0.493 e. The van der Waals surface area contributed by atoms with Crippen LogP contribution >= 0.6 is 0 Å². The second-order valence-corrected chi connectivity index (χ2v) is 7.30. The third-order valence-corrected chi connectivity index (χ3v) is 5.54. The van der Waals surface area contributed by atoms with Crippen LogP contribution in [0.25, 0.3) is 0 Å². The van der Waals surface area contributed by atoms with Gasteiger partial charge < -0.3 is 19.1 Å². The Morgan fingerprint density at radius 2 is 1.80 bits per heavy atom. The number of benzene rings is 2. The van der Waals surface area contributed by atoms with Crippen molar-refractivity contribution in [1.29, 1.82) is 0 Å². The molecule has 2 aliphatic heterocycles. The number of hydrogen-bond acceptors (Lipinski definition) is 5. The number of rotatable bonds is 6. The summed E-state index contributed by atoms with van der Waals surface area (Å²) < 4.78 is 30.5. The SMILES string of the molecule is COc1ccc(CN2C(=O)C3C2C(F)CN3C(=O)OCc2ccccc2)cc1OC. The summed E-state index contributed by atoms with van der Waals surface area (Å²) in [6, 6.07) is 13.0. The second kappa shape index (κ2) is 8.22. The molecular formula is C22H23FN2O5. The summed E-state index contributed by atoms with van der Waals surface area (Å²) in [5.74, 6) is 0.825. The van der Waals surface area contributed by atoms with E-state index in [1.54, 1.807) is 25.3 Å². The molecule has 0 radical (unpaired) electrons. The van der Waals surface area contributed by atoms with Gasteiger partial charge in [0.25, 0.3) is 0 Å². The topological polar surface area (TPSA) is 68.3 Å². The number of carbonyl (C=O) groups excluding carboxylic acids is 2. The fraction of sp³-hybridized carbons (Fsp3) is 0.364. The maximum atomic E-state index is 14.7. The monoisotopic (exact) mass is 414 g/mol. The van der Waals surface area contributed by atoms with E-state index in [1.807, 2.05) is 30.3 Å². The molecule has 0 spiro atoms. The minimum absolute atomic E-state index is 0.0774. The van der Waals surface area contributed by atoms with Crippen LogP contribution in [0.15, 0.2) is 48.5 Å². The Hall–Kier alpha value is -3.29. The molecule has 2 saturated heterocycles. The van der Waals surface area contributed by atoms with Gasteiger partial charge in [0.2, 0.25) is 5.91 Å². The number of carbonyl (C=O) groups is 2. The maximum absolute atomic E-state index is 14.7. The summed E-state index contributed by atoms with van der Waals surface area (Å²) in [5, 5.41) is 0. The highest BCUT2D eigenvalue weighted by Gasteiger charge is 2.61. The summed E-state index contributed by atoms with van der Waals surface area (Å²) in [6.45, 7) is 0.152. The Labute approximate surface area is 173 Å². The van der Waals surface area contributed by atoms with Gasteiger partial charge >= 0.3 is 6.09 Å². The second-order valence-electron chi connectivity index (χ2n) is 7.30. The number of methoxy groups -OCH3 is 2. The van der Waals surface area contributed by atoms with Crippen LogP contribution in [-0.2, 0) is 22.7 Å². The molecule has 0 N–H and O–H groups in total. The van der Waals surface area contributed by atoms with Gasteiger partial charge in [-0.15, -0.1) is 0 Å². The number of fused-ring (bicyclic) bond motifs is 1. The van der Waals surface area contributed by atoms with Crippen molar-refractivity contribution in [3.8, 4) is 11.5 Å². The number of ether oxygens (including phenoxy) is 3. The summed E-state index contributed by atoms with van der Waals surface area (Å²) in [5.41, 5.74) is 1.62. The Morgan fingerprint density at radius 1 is 1.07 bits per heavy atom. The molecule has 4 rings (SSSR count). The lowest BCUT2D eigenvalue weighted by molar-refractivity contribution is -0.155. The lowest BCUT2D eigenvalue weighted by atomic mass is 9.94. The summed E-state index contributed by atoms with van der Waals surface area (Å²) in [6.07, 6.45) is -2.00. The average molecular weight is 414 g/mol. The summed E-state index contributed by atoms with van der Waals surface area (Å²) in [4.78, 5) is 27.8. The molecule has 3 unspecified atom stereocenters. The zero-order valence-corrected chi connectivity index (χ0v) is 16.8. The van der Waals surface area contributed by atoms with E-state index in [-0.39, 0.29) is 25.6 Å². The van der Waals surface area contributed by atoms with Crippen LogP contribution < -0.4 is 9.47 Å². The van der Waals surface area contributed by atoms with Gasteiger partial charge in [0.1, 0.15) is 18.8 Å². The number of hydrogen-bond donors (Lipinski definition) is 0. The van der Waals surface area contributed by atoms with Crippen molar-refractivity contribution >= 4 is 12.0 Å². The van der Waals surface area contributed by atoms with Gasteiger partial charge in [0, 0.05) is 6.54 Å². The molecule has 2 heterocycles. The predicted molar refractivity (Wildman–Crippen MR) is 106 cm³/mol. The molecule has 158 valence electrons. The van der Waals surface area contributed by atoms with Crippen LogP contribution in [0.4, 0.5) is 9.18 Å². The number of likely N-dealkylation sites (tertiary alicyclic amines) is 2. The van der Waals surface area contributed by atoms with Gasteiger partial charge in [-0.1, -0.05) is 36.4 Å². The molecule has 8 heteroatoms. The number of β-lactam (4-membered cyclic amide) rings is 1. The molecule has 0 saturated carbocycles. The molecule has 30 heavy (non-hydrogen) atoms. The van der Waals surface area contributed by atoms with Crippen molar-refractivity contribution in [2.75, 3.05) is 20.8 Å². The lowest BCUT2D eigenvalue weighted by Gasteiger charge is -2.45. The van der Waals surface area contributed by atoms with E-state index in [4.69, 9.17) is 14.2 Å². The number of nitrogens with zero attached hydrogens (tertiary/aromatic N) is 2. The van der Waals surface area contributed by atoms with Crippen LogP contribution in [0, 0.1) is 0 Å². The fourth-order valence-electron chi connectivity index (χ4n) is 4.02. The van der Waals surface area contributed by atoms with Gasteiger partial charge in [-0.2, -0.15) is 0 Å². The van der Waals surface area contributed by atoms with Gasteiger partial charge in [0.15, 0.2) is 11.5 Å². The minimum Gasteiger partial charge on any atom is -0.493 e. The first-order chi connectivity index (χ1) is 14.5. The minimum atomic E-state index is -1.32. The molecule has 7 nitrogen and oxygen atoms in total. The molecule has 0 bridgehead atoms. The first-order valence-corrected chi connectivity index (χ1v) is 9.66. The van der Waals surface area contributed by atoms with Crippen LogP contribution in [-0.4, -0.2) is 60.8 Å². The normalized spacial score (nSPS) is 22.4. The van der Waals surface area contributed by atoms with E-state index >= 15 is 0 Å². The smallest absolute Gasteiger partial charge is 0.410 e. The molecule has 2 fully saturated rings. The number of alkyl halides is 1. The van der Waals surface area contributed by atoms with Gasteiger partial charge in [-0.25, -0.2) is 9.18 Å². The van der Waals surface area contributed by atoms with Gasteiger partial charge in [-0.3, -0.25) is 9.69 Å². The summed E-state index contributed by atoms with van der Waals surface area (Å²) in [7, 11) is 3.07. The van der Waals surface area contributed by atoms with Crippen molar-refractivity contribution in [2.24, 2.45) is 0 Å².